The first-order valence-electron chi connectivity index (χ1n) is 8.74. The zero-order valence-corrected chi connectivity index (χ0v) is 15.6. The second-order valence-electron chi connectivity index (χ2n) is 6.45. The average Bonchev–Trinajstić information content (AvgIpc) is 3.04. The van der Waals surface area contributed by atoms with Crippen molar-refractivity contribution in [3.63, 3.8) is 0 Å². The molecule has 4 aromatic rings. The predicted molar refractivity (Wildman–Crippen MR) is 105 cm³/mol. The summed E-state index contributed by atoms with van der Waals surface area (Å²) < 4.78 is 48.6. The molecule has 31 heavy (non-hydrogen) atoms. The minimum absolute atomic E-state index is 0.0104. The lowest BCUT2D eigenvalue weighted by Crippen LogP contribution is -2.19. The van der Waals surface area contributed by atoms with Gasteiger partial charge in [-0.2, -0.15) is 5.10 Å². The lowest BCUT2D eigenvalue weighted by Gasteiger charge is -2.08. The molecule has 0 aliphatic carbocycles. The molecule has 12 heteroatoms. The van der Waals surface area contributed by atoms with Gasteiger partial charge >= 0.3 is 6.09 Å². The van der Waals surface area contributed by atoms with Crippen molar-refractivity contribution in [2.45, 2.75) is 6.54 Å². The van der Waals surface area contributed by atoms with Crippen molar-refractivity contribution >= 4 is 28.6 Å². The highest BCUT2D eigenvalue weighted by molar-refractivity contribution is 5.92. The number of rotatable bonds is 4. The number of hydrogen-bond donors (Lipinski definition) is 3. The van der Waals surface area contributed by atoms with Crippen LogP contribution in [0, 0.1) is 17.5 Å². The van der Waals surface area contributed by atoms with Crippen LogP contribution in [0.3, 0.4) is 0 Å². The number of carbonyl (C=O) groups is 1. The monoisotopic (exact) mass is 429 g/mol. The maximum Gasteiger partial charge on any atom is 0.410 e. The van der Waals surface area contributed by atoms with Crippen molar-refractivity contribution in [2.75, 3.05) is 11.5 Å². The van der Waals surface area contributed by atoms with Gasteiger partial charge in [0, 0.05) is 17.0 Å². The van der Waals surface area contributed by atoms with Crippen LogP contribution < -0.4 is 21.9 Å². The van der Waals surface area contributed by atoms with Crippen molar-refractivity contribution in [1.29, 1.82) is 0 Å². The molecule has 0 aliphatic heterocycles. The van der Waals surface area contributed by atoms with Crippen molar-refractivity contribution in [3.05, 3.63) is 59.4 Å². The van der Waals surface area contributed by atoms with Crippen LogP contribution in [0.25, 0.3) is 22.4 Å². The fraction of sp³-hybridized carbons (Fsp3) is 0.0526. The summed E-state index contributed by atoms with van der Waals surface area (Å²) >= 11 is 0. The second-order valence-corrected chi connectivity index (χ2v) is 6.45. The zero-order chi connectivity index (χ0) is 22.3. The van der Waals surface area contributed by atoms with Gasteiger partial charge in [-0.15, -0.1) is 0 Å². The topological polar surface area (TPSA) is 148 Å². The molecule has 2 aromatic heterocycles. The summed E-state index contributed by atoms with van der Waals surface area (Å²) in [5.41, 5.74) is 16.6. The number of nitrogen functional groups attached to an aromatic ring is 2. The number of ether oxygens (including phenoxy) is 1. The van der Waals surface area contributed by atoms with Crippen LogP contribution in [0.2, 0.25) is 0 Å². The Labute approximate surface area is 172 Å². The van der Waals surface area contributed by atoms with Gasteiger partial charge in [0.25, 0.3) is 0 Å². The van der Waals surface area contributed by atoms with E-state index in [1.165, 1.54) is 18.2 Å². The van der Waals surface area contributed by atoms with Crippen LogP contribution in [-0.4, -0.2) is 25.8 Å². The third kappa shape index (κ3) is 3.66. The molecule has 2 aromatic carbocycles. The first kappa shape index (κ1) is 19.9. The molecule has 0 bridgehead atoms. The number of nitrogens with zero attached hydrogens (tertiary/aromatic N) is 4. The molecule has 0 aliphatic rings. The molecule has 0 atom stereocenters. The first-order valence-corrected chi connectivity index (χ1v) is 8.74. The summed E-state index contributed by atoms with van der Waals surface area (Å²) in [7, 11) is 0. The van der Waals surface area contributed by atoms with E-state index >= 15 is 0 Å². The van der Waals surface area contributed by atoms with Gasteiger partial charge in [0.1, 0.15) is 22.8 Å². The average molecular weight is 429 g/mol. The summed E-state index contributed by atoms with van der Waals surface area (Å²) in [5, 5.41) is 4.26. The zero-order valence-electron chi connectivity index (χ0n) is 15.6. The Morgan fingerprint density at radius 2 is 1.71 bits per heavy atom. The number of nitrogens with two attached hydrogens (primary N) is 3. The molecular formula is C19H14F3N7O2. The summed E-state index contributed by atoms with van der Waals surface area (Å²) in [5.74, 6) is -3.53. The molecule has 0 saturated carbocycles. The van der Waals surface area contributed by atoms with Crippen molar-refractivity contribution in [1.82, 2.24) is 19.7 Å². The van der Waals surface area contributed by atoms with E-state index < -0.39 is 23.5 Å². The van der Waals surface area contributed by atoms with E-state index in [4.69, 9.17) is 17.2 Å². The fourth-order valence-electron chi connectivity index (χ4n) is 3.10. The van der Waals surface area contributed by atoms with E-state index in [0.717, 1.165) is 10.7 Å². The van der Waals surface area contributed by atoms with Crippen molar-refractivity contribution < 1.29 is 22.7 Å². The molecule has 4 rings (SSSR count). The van der Waals surface area contributed by atoms with Gasteiger partial charge < -0.3 is 21.9 Å². The van der Waals surface area contributed by atoms with E-state index in [9.17, 15) is 18.0 Å². The lowest BCUT2D eigenvalue weighted by atomic mass is 10.1. The molecule has 9 nitrogen and oxygen atoms in total. The molecule has 0 unspecified atom stereocenters. The summed E-state index contributed by atoms with van der Waals surface area (Å²) in [4.78, 5) is 18.9. The standard InChI is InChI=1S/C19H14F3N7O2/c20-9-5-10-13(18-26-16(23)15(17(24)27-18)31-19(25)30)28-29(14(10)12(22)6-9)7-8-3-1-2-4-11(8)21/h1-6H,7H2,(H2,25,30)(H4,23,24,26,27). The molecule has 0 radical (unpaired) electrons. The molecule has 2 heterocycles. The highest BCUT2D eigenvalue weighted by atomic mass is 19.1. The summed E-state index contributed by atoms with van der Waals surface area (Å²) in [6.45, 7) is -0.153. The second kappa shape index (κ2) is 7.48. The summed E-state index contributed by atoms with van der Waals surface area (Å²) in [6, 6.07) is 7.59. The van der Waals surface area contributed by atoms with E-state index in [1.54, 1.807) is 6.07 Å². The van der Waals surface area contributed by atoms with Crippen LogP contribution in [-0.2, 0) is 6.54 Å². The largest absolute Gasteiger partial charge is 0.410 e. The molecule has 0 fully saturated rings. The Balaban J connectivity index is 1.91. The van der Waals surface area contributed by atoms with Crippen LogP contribution in [0.5, 0.6) is 5.75 Å². The lowest BCUT2D eigenvalue weighted by molar-refractivity contribution is 0.211. The highest BCUT2D eigenvalue weighted by Gasteiger charge is 2.22. The minimum atomic E-state index is -1.18. The van der Waals surface area contributed by atoms with Crippen LogP contribution >= 0.6 is 0 Å². The highest BCUT2D eigenvalue weighted by Crippen LogP contribution is 2.33. The Bertz CT molecular complexity index is 1320. The first-order chi connectivity index (χ1) is 14.7. The number of carbonyl (C=O) groups excluding carboxylic acids is 1. The Morgan fingerprint density at radius 1 is 1.03 bits per heavy atom. The Morgan fingerprint density at radius 3 is 2.35 bits per heavy atom. The third-order valence-electron chi connectivity index (χ3n) is 4.37. The van der Waals surface area contributed by atoms with E-state index in [1.807, 2.05) is 0 Å². The maximum absolute atomic E-state index is 14.6. The Hall–Kier alpha value is -4.35. The third-order valence-corrected chi connectivity index (χ3v) is 4.37. The van der Waals surface area contributed by atoms with Gasteiger partial charge in [0.05, 0.1) is 6.54 Å². The SMILES string of the molecule is NC(=O)Oc1c(N)nc(-c2nn(Cc3ccccc3F)c3c(F)cc(F)cc23)nc1N. The quantitative estimate of drug-likeness (QED) is 0.451. The van der Waals surface area contributed by atoms with Gasteiger partial charge in [-0.05, 0) is 12.1 Å². The summed E-state index contributed by atoms with van der Waals surface area (Å²) in [6.07, 6.45) is -1.18. The number of primary amides is 1. The molecule has 158 valence electrons. The van der Waals surface area contributed by atoms with Crippen LogP contribution in [0.15, 0.2) is 36.4 Å². The van der Waals surface area contributed by atoms with Crippen LogP contribution in [0.1, 0.15) is 5.56 Å². The van der Waals surface area contributed by atoms with Gasteiger partial charge in [0.15, 0.2) is 23.3 Å². The number of fused-ring (bicyclic) bond motifs is 1. The number of aromatic nitrogens is 4. The number of anilines is 2. The van der Waals surface area contributed by atoms with Gasteiger partial charge in [0.2, 0.25) is 5.75 Å². The van der Waals surface area contributed by atoms with Gasteiger partial charge in [-0.25, -0.2) is 27.9 Å². The van der Waals surface area contributed by atoms with E-state index in [-0.39, 0.29) is 51.9 Å². The van der Waals surface area contributed by atoms with Gasteiger partial charge in [-0.3, -0.25) is 4.68 Å². The smallest absolute Gasteiger partial charge is 0.403 e. The normalized spacial score (nSPS) is 11.1. The maximum atomic E-state index is 14.6. The Kier molecular flexibility index (Phi) is 4.81. The number of halogens is 3. The number of hydrogen-bond acceptors (Lipinski definition) is 7. The molecule has 0 spiro atoms. The predicted octanol–water partition coefficient (Wildman–Crippen LogP) is 2.58. The molecule has 1 amide bonds. The number of benzene rings is 2. The molecular weight excluding hydrogens is 415 g/mol. The fourth-order valence-corrected chi connectivity index (χ4v) is 3.10. The van der Waals surface area contributed by atoms with Crippen molar-refractivity contribution in [3.8, 4) is 17.3 Å². The van der Waals surface area contributed by atoms with E-state index in [2.05, 4.69) is 19.8 Å². The molecule has 0 saturated heterocycles. The van der Waals surface area contributed by atoms with Gasteiger partial charge in [-0.1, -0.05) is 18.2 Å². The molecule has 6 N–H and O–H groups in total. The van der Waals surface area contributed by atoms with E-state index in [0.29, 0.717) is 6.07 Å². The van der Waals surface area contributed by atoms with Crippen LogP contribution in [0.4, 0.5) is 29.6 Å². The minimum Gasteiger partial charge on any atom is -0.403 e. The van der Waals surface area contributed by atoms with Crippen molar-refractivity contribution in [2.24, 2.45) is 5.73 Å². The number of amides is 1.